The van der Waals surface area contributed by atoms with Crippen LogP contribution in [0, 0.1) is 0 Å². The molecule has 0 N–H and O–H groups in total. The third-order valence-electron chi connectivity index (χ3n) is 9.45. The Morgan fingerprint density at radius 1 is 0.404 bits per heavy atom. The first-order valence-electron chi connectivity index (χ1n) is 18.2. The summed E-state index contributed by atoms with van der Waals surface area (Å²) in [7, 11) is 0. The van der Waals surface area contributed by atoms with Crippen molar-refractivity contribution < 1.29 is 6.85 Å². The van der Waals surface area contributed by atoms with E-state index in [1.54, 1.807) is 0 Å². The maximum Gasteiger partial charge on any atom is 0.146 e. The lowest BCUT2D eigenvalue weighted by atomic mass is 9.86. The van der Waals surface area contributed by atoms with E-state index in [0.717, 1.165) is 71.4 Å². The summed E-state index contributed by atoms with van der Waals surface area (Å²) >= 11 is 0. The van der Waals surface area contributed by atoms with E-state index in [2.05, 4.69) is 101 Å². The van der Waals surface area contributed by atoms with Crippen molar-refractivity contribution in [3.63, 3.8) is 0 Å². The molecule has 0 bridgehead atoms. The molecule has 0 aliphatic rings. The number of nitrogens with zero attached hydrogens (tertiary/aromatic N) is 2. The molecule has 218 valence electrons. The SMILES string of the molecule is [2H]c1c([2H])c([2H])c(-c2c3ccccc3c(-c3ccc(-c4ccc5c6ccccc6c6nc7ccccc7n6c5c4)cc3)c3ccccc23)c([2H])c1[2H]. The molecule has 10 aromatic rings. The number of fused-ring (bicyclic) bond motifs is 10. The predicted octanol–water partition coefficient (Wildman–Crippen LogP) is 12.1. The monoisotopic (exact) mass is 601 g/mol. The standard InChI is InChI=1S/C45H28N2/c1-2-12-30(13-3-1)43-35-15-5-7-17-37(35)44(38-18-8-6-16-36(38)43)31-24-22-29(23-25-31)32-26-27-34-33-14-4-9-19-39(33)45-46-40-20-10-11-21-41(40)47(45)42(34)28-32/h1-28H/i1D,2D,3D,12D,13D. The fourth-order valence-electron chi connectivity index (χ4n) is 7.40. The predicted molar refractivity (Wildman–Crippen MR) is 199 cm³/mol. The number of hydrogen-bond acceptors (Lipinski definition) is 1. The summed E-state index contributed by atoms with van der Waals surface area (Å²) in [6, 6.07) is 46.5. The Morgan fingerprint density at radius 3 is 1.62 bits per heavy atom. The van der Waals surface area contributed by atoms with Crippen molar-refractivity contribution >= 4 is 59.9 Å². The number of pyridine rings is 1. The molecule has 0 radical (unpaired) electrons. The number of aromatic nitrogens is 2. The van der Waals surface area contributed by atoms with E-state index >= 15 is 0 Å². The molecule has 2 nitrogen and oxygen atoms in total. The molecule has 0 aliphatic carbocycles. The first kappa shape index (κ1) is 21.5. The fraction of sp³-hybridized carbons (Fsp3) is 0. The summed E-state index contributed by atoms with van der Waals surface area (Å²) in [4.78, 5) is 5.05. The van der Waals surface area contributed by atoms with Crippen LogP contribution < -0.4 is 0 Å². The molecule has 0 unspecified atom stereocenters. The number of hydrogen-bond donors (Lipinski definition) is 0. The molecule has 2 aromatic heterocycles. The second kappa shape index (κ2) is 10.1. The van der Waals surface area contributed by atoms with Gasteiger partial charge in [0.25, 0.3) is 0 Å². The summed E-state index contributed by atoms with van der Waals surface area (Å²) in [5.41, 5.74) is 9.18. The molecule has 0 fully saturated rings. The first-order valence-corrected chi connectivity index (χ1v) is 15.7. The van der Waals surface area contributed by atoms with E-state index in [1.807, 2.05) is 42.5 Å². The minimum atomic E-state index is -0.397. The van der Waals surface area contributed by atoms with E-state index in [4.69, 9.17) is 11.8 Å². The number of para-hydroxylation sites is 2. The summed E-state index contributed by atoms with van der Waals surface area (Å²) in [5.74, 6) is 0. The Labute approximate surface area is 278 Å². The maximum atomic E-state index is 8.83. The topological polar surface area (TPSA) is 17.3 Å². The van der Waals surface area contributed by atoms with E-state index in [0.29, 0.717) is 5.56 Å². The van der Waals surface area contributed by atoms with Crippen LogP contribution in [0.2, 0.25) is 0 Å². The van der Waals surface area contributed by atoms with Gasteiger partial charge in [-0.3, -0.25) is 4.40 Å². The second-order valence-corrected chi connectivity index (χ2v) is 12.0. The van der Waals surface area contributed by atoms with Crippen LogP contribution in [0.25, 0.3) is 93.3 Å². The Balaban J connectivity index is 1.18. The minimum absolute atomic E-state index is 0.206. The third-order valence-corrected chi connectivity index (χ3v) is 9.45. The van der Waals surface area contributed by atoms with Gasteiger partial charge in [-0.2, -0.15) is 0 Å². The Kier molecular flexibility index (Phi) is 4.63. The Bertz CT molecular complexity index is 3040. The second-order valence-electron chi connectivity index (χ2n) is 12.0. The van der Waals surface area contributed by atoms with Gasteiger partial charge in [0, 0.05) is 10.8 Å². The lowest BCUT2D eigenvalue weighted by Crippen LogP contribution is -1.92. The molecule has 0 saturated heterocycles. The third kappa shape index (κ3) is 3.89. The molecule has 2 heterocycles. The van der Waals surface area contributed by atoms with Gasteiger partial charge in [-0.05, 0) is 78.5 Å². The van der Waals surface area contributed by atoms with Crippen LogP contribution in [-0.4, -0.2) is 9.38 Å². The van der Waals surface area contributed by atoms with Crippen LogP contribution in [0.1, 0.15) is 6.85 Å². The van der Waals surface area contributed by atoms with E-state index in [9.17, 15) is 0 Å². The Hall–Kier alpha value is -6.25. The largest absolute Gasteiger partial charge is 0.292 e. The smallest absolute Gasteiger partial charge is 0.146 e. The lowest BCUT2D eigenvalue weighted by Gasteiger charge is -2.18. The van der Waals surface area contributed by atoms with Gasteiger partial charge in [-0.1, -0.05) is 152 Å². The van der Waals surface area contributed by atoms with Gasteiger partial charge < -0.3 is 0 Å². The Morgan fingerprint density at radius 2 is 0.936 bits per heavy atom. The zero-order chi connectivity index (χ0) is 35.2. The molecule has 0 spiro atoms. The molecule has 47 heavy (non-hydrogen) atoms. The highest BCUT2D eigenvalue weighted by molar-refractivity contribution is 6.21. The summed E-state index contributed by atoms with van der Waals surface area (Å²) in [6.45, 7) is 0. The summed E-state index contributed by atoms with van der Waals surface area (Å²) < 4.78 is 44.9. The van der Waals surface area contributed by atoms with E-state index in [1.165, 1.54) is 10.8 Å². The highest BCUT2D eigenvalue weighted by atomic mass is 15.0. The van der Waals surface area contributed by atoms with Crippen molar-refractivity contribution in [1.82, 2.24) is 9.38 Å². The van der Waals surface area contributed by atoms with Gasteiger partial charge in [-0.25, -0.2) is 4.98 Å². The quantitative estimate of drug-likeness (QED) is 0.145. The average Bonchev–Trinajstić information content (AvgIpc) is 3.59. The number of rotatable bonds is 3. The highest BCUT2D eigenvalue weighted by Crippen LogP contribution is 2.44. The molecule has 0 atom stereocenters. The molecule has 8 aromatic carbocycles. The van der Waals surface area contributed by atoms with Crippen molar-refractivity contribution in [1.29, 1.82) is 0 Å². The minimum Gasteiger partial charge on any atom is -0.292 e. The van der Waals surface area contributed by atoms with Crippen molar-refractivity contribution in [3.05, 3.63) is 170 Å². The van der Waals surface area contributed by atoms with Crippen LogP contribution in [0.15, 0.2) is 170 Å². The van der Waals surface area contributed by atoms with Crippen LogP contribution in [-0.2, 0) is 0 Å². The number of imidazole rings is 1. The zero-order valence-electron chi connectivity index (χ0n) is 30.2. The van der Waals surface area contributed by atoms with Gasteiger partial charge in [0.15, 0.2) is 0 Å². The normalized spacial score (nSPS) is 13.3. The summed E-state index contributed by atoms with van der Waals surface area (Å²) in [5, 5.41) is 7.02. The molecule has 10 rings (SSSR count). The van der Waals surface area contributed by atoms with Gasteiger partial charge in [0.1, 0.15) is 5.65 Å². The number of benzene rings is 8. The molecule has 0 amide bonds. The molecular weight excluding hydrogens is 569 g/mol. The van der Waals surface area contributed by atoms with Gasteiger partial charge in [0.05, 0.1) is 23.4 Å². The lowest BCUT2D eigenvalue weighted by molar-refractivity contribution is 1.31. The van der Waals surface area contributed by atoms with Crippen molar-refractivity contribution in [2.24, 2.45) is 0 Å². The van der Waals surface area contributed by atoms with Crippen molar-refractivity contribution in [2.45, 2.75) is 0 Å². The van der Waals surface area contributed by atoms with Gasteiger partial charge in [0.2, 0.25) is 0 Å². The van der Waals surface area contributed by atoms with E-state index < -0.39 is 6.04 Å². The fourth-order valence-corrected chi connectivity index (χ4v) is 7.40. The van der Waals surface area contributed by atoms with Crippen LogP contribution in [0.5, 0.6) is 0 Å². The van der Waals surface area contributed by atoms with Gasteiger partial charge >= 0.3 is 0 Å². The van der Waals surface area contributed by atoms with E-state index in [-0.39, 0.29) is 29.7 Å². The summed E-state index contributed by atoms with van der Waals surface area (Å²) in [6.07, 6.45) is 0. The van der Waals surface area contributed by atoms with Crippen LogP contribution in [0.3, 0.4) is 0 Å². The zero-order valence-corrected chi connectivity index (χ0v) is 25.2. The molecular formula is C45H28N2. The average molecular weight is 602 g/mol. The first-order chi connectivity index (χ1) is 25.4. The molecule has 2 heteroatoms. The van der Waals surface area contributed by atoms with Crippen LogP contribution in [0.4, 0.5) is 0 Å². The van der Waals surface area contributed by atoms with Crippen molar-refractivity contribution in [3.8, 4) is 33.4 Å². The molecule has 0 saturated carbocycles. The van der Waals surface area contributed by atoms with Crippen molar-refractivity contribution in [2.75, 3.05) is 0 Å². The van der Waals surface area contributed by atoms with Gasteiger partial charge in [-0.15, -0.1) is 0 Å². The molecule has 0 aliphatic heterocycles. The van der Waals surface area contributed by atoms with Crippen LogP contribution >= 0.6 is 0 Å². The maximum absolute atomic E-state index is 8.83. The highest BCUT2D eigenvalue weighted by Gasteiger charge is 2.17.